The number of aliphatic hydroxyl groups is 2. The Morgan fingerprint density at radius 2 is 2.21 bits per heavy atom. The summed E-state index contributed by atoms with van der Waals surface area (Å²) >= 11 is 0. The third-order valence-corrected chi connectivity index (χ3v) is 2.37. The van der Waals surface area contributed by atoms with Crippen LogP contribution in [-0.2, 0) is 4.79 Å². The van der Waals surface area contributed by atoms with E-state index in [1.807, 2.05) is 0 Å². The van der Waals surface area contributed by atoms with E-state index in [0.717, 1.165) is 0 Å². The lowest BCUT2D eigenvalue weighted by atomic mass is 10.1. The van der Waals surface area contributed by atoms with E-state index in [1.54, 1.807) is 0 Å². The molecule has 0 saturated carbocycles. The van der Waals surface area contributed by atoms with Gasteiger partial charge in [0.15, 0.2) is 5.67 Å². The molecule has 1 rings (SSSR count). The second kappa shape index (κ2) is 3.82. The van der Waals surface area contributed by atoms with E-state index in [0.29, 0.717) is 6.42 Å². The van der Waals surface area contributed by atoms with Crippen molar-refractivity contribution in [3.8, 4) is 0 Å². The Kier molecular flexibility index (Phi) is 3.11. The molecule has 5 heteroatoms. The number of hydrogen-bond acceptors (Lipinski definition) is 3. The van der Waals surface area contributed by atoms with Crippen molar-refractivity contribution >= 4 is 5.91 Å². The Morgan fingerprint density at radius 1 is 1.64 bits per heavy atom. The molecule has 1 aliphatic rings. The number of nitrogens with zero attached hydrogens (tertiary/aromatic N) is 1. The average molecular weight is 205 g/mol. The lowest BCUT2D eigenvalue weighted by molar-refractivity contribution is -0.143. The molecular formula is C9H16FNO3. The van der Waals surface area contributed by atoms with Crippen LogP contribution in [0.25, 0.3) is 0 Å². The smallest absolute Gasteiger partial charge is 0.260 e. The highest BCUT2D eigenvalue weighted by Crippen LogP contribution is 2.23. The summed E-state index contributed by atoms with van der Waals surface area (Å²) in [6.07, 6.45) is -0.336. The second-order valence-corrected chi connectivity index (χ2v) is 4.16. The minimum absolute atomic E-state index is 0.109. The quantitative estimate of drug-likeness (QED) is 0.650. The maximum Gasteiger partial charge on any atom is 0.260 e. The summed E-state index contributed by atoms with van der Waals surface area (Å²) in [7, 11) is 0. The highest BCUT2D eigenvalue weighted by Gasteiger charge is 2.40. The summed E-state index contributed by atoms with van der Waals surface area (Å²) in [6, 6.07) is -0.451. The van der Waals surface area contributed by atoms with Crippen LogP contribution in [0.5, 0.6) is 0 Å². The number of hydrogen-bond donors (Lipinski definition) is 2. The molecule has 1 aliphatic heterocycles. The van der Waals surface area contributed by atoms with E-state index in [2.05, 4.69) is 0 Å². The molecule has 2 N–H and O–H groups in total. The Morgan fingerprint density at radius 3 is 2.64 bits per heavy atom. The van der Waals surface area contributed by atoms with Crippen molar-refractivity contribution in [1.29, 1.82) is 0 Å². The fourth-order valence-corrected chi connectivity index (χ4v) is 1.66. The minimum Gasteiger partial charge on any atom is -0.394 e. The van der Waals surface area contributed by atoms with Gasteiger partial charge in [-0.2, -0.15) is 0 Å². The third-order valence-electron chi connectivity index (χ3n) is 2.37. The predicted molar refractivity (Wildman–Crippen MR) is 48.4 cm³/mol. The summed E-state index contributed by atoms with van der Waals surface area (Å²) in [5.74, 6) is -0.673. The molecule has 0 aromatic rings. The fraction of sp³-hybridized carbons (Fsp3) is 0.889. The monoisotopic (exact) mass is 205 g/mol. The number of aliphatic hydroxyl groups excluding tert-OH is 2. The van der Waals surface area contributed by atoms with Crippen LogP contribution in [-0.4, -0.2) is 52.0 Å². The highest BCUT2D eigenvalue weighted by atomic mass is 19.1. The first-order chi connectivity index (χ1) is 6.36. The van der Waals surface area contributed by atoms with Gasteiger partial charge in [-0.1, -0.05) is 0 Å². The molecule has 0 bridgehead atoms. The first-order valence-electron chi connectivity index (χ1n) is 4.65. The summed E-state index contributed by atoms with van der Waals surface area (Å²) in [5.41, 5.74) is -1.95. The van der Waals surface area contributed by atoms with Crippen LogP contribution < -0.4 is 0 Å². The summed E-state index contributed by atoms with van der Waals surface area (Å²) < 4.78 is 13.3. The Labute approximate surface area is 82.3 Å². The third kappa shape index (κ3) is 2.22. The van der Waals surface area contributed by atoms with Crippen LogP contribution in [0.3, 0.4) is 0 Å². The van der Waals surface area contributed by atoms with Crippen molar-refractivity contribution in [1.82, 2.24) is 4.90 Å². The summed E-state index contributed by atoms with van der Waals surface area (Å²) in [5, 5.41) is 18.2. The molecule has 0 aromatic carbocycles. The van der Waals surface area contributed by atoms with Gasteiger partial charge in [0.25, 0.3) is 5.91 Å². The molecular weight excluding hydrogens is 189 g/mol. The topological polar surface area (TPSA) is 60.8 Å². The molecule has 1 amide bonds. The maximum absolute atomic E-state index is 13.3. The van der Waals surface area contributed by atoms with Gasteiger partial charge in [0.2, 0.25) is 0 Å². The number of β-amino-alcohol motifs (C(OH)–C–C–N with tert-alkyl or cyclic N) is 1. The Balaban J connectivity index is 2.72. The van der Waals surface area contributed by atoms with Gasteiger partial charge in [0, 0.05) is 6.54 Å². The van der Waals surface area contributed by atoms with Crippen molar-refractivity contribution in [3.05, 3.63) is 0 Å². The van der Waals surface area contributed by atoms with Crippen LogP contribution in [0.2, 0.25) is 0 Å². The zero-order valence-corrected chi connectivity index (χ0v) is 8.40. The Hall–Kier alpha value is -0.680. The van der Waals surface area contributed by atoms with Gasteiger partial charge < -0.3 is 15.1 Å². The molecule has 14 heavy (non-hydrogen) atoms. The maximum atomic E-state index is 13.3. The molecule has 2 unspecified atom stereocenters. The zero-order chi connectivity index (χ0) is 10.9. The van der Waals surface area contributed by atoms with Crippen LogP contribution in [0, 0.1) is 0 Å². The van der Waals surface area contributed by atoms with Gasteiger partial charge in [0.1, 0.15) is 0 Å². The Bertz CT molecular complexity index is 227. The lowest BCUT2D eigenvalue weighted by Gasteiger charge is -2.27. The van der Waals surface area contributed by atoms with Crippen molar-refractivity contribution in [2.45, 2.75) is 38.1 Å². The van der Waals surface area contributed by atoms with Crippen LogP contribution in [0.1, 0.15) is 20.3 Å². The average Bonchev–Trinajstić information content (AvgIpc) is 2.43. The van der Waals surface area contributed by atoms with Gasteiger partial charge >= 0.3 is 0 Å². The van der Waals surface area contributed by atoms with Gasteiger partial charge in [-0.05, 0) is 20.3 Å². The number of halogens is 1. The van der Waals surface area contributed by atoms with E-state index in [9.17, 15) is 14.3 Å². The van der Waals surface area contributed by atoms with E-state index in [1.165, 1.54) is 18.7 Å². The van der Waals surface area contributed by atoms with Gasteiger partial charge in [-0.25, -0.2) is 4.39 Å². The number of carbonyl (C=O) groups is 1. The normalized spacial score (nSPS) is 28.2. The van der Waals surface area contributed by atoms with E-state index in [-0.39, 0.29) is 13.2 Å². The van der Waals surface area contributed by atoms with E-state index in [4.69, 9.17) is 5.11 Å². The number of amides is 1. The molecule has 0 radical (unpaired) electrons. The van der Waals surface area contributed by atoms with Crippen molar-refractivity contribution in [2.24, 2.45) is 0 Å². The van der Waals surface area contributed by atoms with Crippen LogP contribution in [0.15, 0.2) is 0 Å². The van der Waals surface area contributed by atoms with Crippen molar-refractivity contribution < 1.29 is 19.4 Å². The summed E-state index contributed by atoms with van der Waals surface area (Å²) in [6.45, 7) is 2.22. The zero-order valence-electron chi connectivity index (χ0n) is 8.40. The standard InChI is InChI=1S/C9H16FNO3/c1-9(2,10)8(14)11-4-7(13)3-6(11)5-12/h6-7,12-13H,3-5H2,1-2H3. The van der Waals surface area contributed by atoms with Gasteiger partial charge in [0.05, 0.1) is 18.8 Å². The van der Waals surface area contributed by atoms with Crippen LogP contribution >= 0.6 is 0 Å². The van der Waals surface area contributed by atoms with Gasteiger partial charge in [-0.3, -0.25) is 4.79 Å². The van der Waals surface area contributed by atoms with E-state index >= 15 is 0 Å². The molecule has 82 valence electrons. The first kappa shape index (κ1) is 11.4. The number of rotatable bonds is 2. The second-order valence-electron chi connectivity index (χ2n) is 4.16. The molecule has 4 nitrogen and oxygen atoms in total. The predicted octanol–water partition coefficient (Wildman–Crippen LogP) is -0.311. The molecule has 2 atom stereocenters. The molecule has 0 spiro atoms. The molecule has 1 heterocycles. The minimum atomic E-state index is -1.95. The highest BCUT2D eigenvalue weighted by molar-refractivity contribution is 5.84. The molecule has 1 fully saturated rings. The lowest BCUT2D eigenvalue weighted by Crippen LogP contribution is -2.46. The summed E-state index contributed by atoms with van der Waals surface area (Å²) in [4.78, 5) is 12.7. The molecule has 0 aromatic heterocycles. The SMILES string of the molecule is CC(C)(F)C(=O)N1CC(O)CC1CO. The van der Waals surface area contributed by atoms with Gasteiger partial charge in [-0.15, -0.1) is 0 Å². The molecule has 0 aliphatic carbocycles. The number of alkyl halides is 1. The number of carbonyl (C=O) groups excluding carboxylic acids is 1. The van der Waals surface area contributed by atoms with Crippen LogP contribution in [0.4, 0.5) is 4.39 Å². The number of likely N-dealkylation sites (tertiary alicyclic amines) is 1. The fourth-order valence-electron chi connectivity index (χ4n) is 1.66. The van der Waals surface area contributed by atoms with E-state index < -0.39 is 23.7 Å². The first-order valence-corrected chi connectivity index (χ1v) is 4.65. The van der Waals surface area contributed by atoms with Crippen molar-refractivity contribution in [3.63, 3.8) is 0 Å². The molecule has 1 saturated heterocycles. The largest absolute Gasteiger partial charge is 0.394 e. The van der Waals surface area contributed by atoms with Crippen molar-refractivity contribution in [2.75, 3.05) is 13.2 Å².